The molecular formula is C11H13F3O3S2. The minimum Gasteiger partial charge on any atom is -0.496 e. The number of hydrogen-bond acceptors (Lipinski definition) is 4. The molecule has 0 aliphatic carbocycles. The van der Waals surface area contributed by atoms with Crippen molar-refractivity contribution in [2.45, 2.75) is 17.2 Å². The van der Waals surface area contributed by atoms with Gasteiger partial charge in [0.25, 0.3) is 0 Å². The van der Waals surface area contributed by atoms with E-state index in [2.05, 4.69) is 25.3 Å². The molecule has 0 spiro atoms. The molecule has 0 saturated carbocycles. The predicted octanol–water partition coefficient (Wildman–Crippen LogP) is 3.06. The SMILES string of the molecule is COc1ccccc1CC(S)S.O=C(O)C(F)(F)F. The monoisotopic (exact) mass is 314 g/mol. The molecule has 8 heteroatoms. The molecule has 1 rings (SSSR count). The Morgan fingerprint density at radius 3 is 2.21 bits per heavy atom. The first-order valence-corrected chi connectivity index (χ1v) is 6.00. The summed E-state index contributed by atoms with van der Waals surface area (Å²) in [5, 5.41) is 7.12. The van der Waals surface area contributed by atoms with Gasteiger partial charge in [-0.15, -0.1) is 0 Å². The summed E-state index contributed by atoms with van der Waals surface area (Å²) in [5.74, 6) is -1.85. The van der Waals surface area contributed by atoms with Crippen molar-refractivity contribution in [1.29, 1.82) is 0 Å². The van der Waals surface area contributed by atoms with Gasteiger partial charge in [0.2, 0.25) is 0 Å². The van der Waals surface area contributed by atoms with Crippen LogP contribution in [0.1, 0.15) is 5.56 Å². The molecule has 0 aromatic heterocycles. The van der Waals surface area contributed by atoms with Crippen LogP contribution in [0.5, 0.6) is 5.75 Å². The van der Waals surface area contributed by atoms with Gasteiger partial charge in [-0.25, -0.2) is 4.79 Å². The van der Waals surface area contributed by atoms with Crippen LogP contribution in [0.3, 0.4) is 0 Å². The molecule has 0 bridgehead atoms. The standard InChI is InChI=1S/C9H12OS2.C2HF3O2/c1-10-8-5-3-2-4-7(8)6-9(11)12;3-2(4,5)1(6)7/h2-5,9,11-12H,6H2,1H3;(H,6,7). The fourth-order valence-electron chi connectivity index (χ4n) is 1.07. The lowest BCUT2D eigenvalue weighted by molar-refractivity contribution is -0.192. The summed E-state index contributed by atoms with van der Waals surface area (Å²) < 4.78 is 37.0. The average Bonchev–Trinajstić information content (AvgIpc) is 2.28. The number of hydrogen-bond donors (Lipinski definition) is 3. The van der Waals surface area contributed by atoms with Crippen molar-refractivity contribution in [3.8, 4) is 5.75 Å². The Balaban J connectivity index is 0.000000399. The fraction of sp³-hybridized carbons (Fsp3) is 0.364. The van der Waals surface area contributed by atoms with Crippen molar-refractivity contribution in [3.63, 3.8) is 0 Å². The minimum absolute atomic E-state index is 0.0706. The zero-order chi connectivity index (χ0) is 15.1. The number of rotatable bonds is 3. The van der Waals surface area contributed by atoms with E-state index in [1.54, 1.807) is 7.11 Å². The summed E-state index contributed by atoms with van der Waals surface area (Å²) in [6.45, 7) is 0. The maximum Gasteiger partial charge on any atom is 0.490 e. The van der Waals surface area contributed by atoms with Crippen molar-refractivity contribution in [2.24, 2.45) is 0 Å². The highest BCUT2D eigenvalue weighted by atomic mass is 32.2. The average molecular weight is 314 g/mol. The number of carboxylic acid groups (broad SMARTS) is 1. The first kappa shape index (κ1) is 18.0. The number of alkyl halides is 3. The highest BCUT2D eigenvalue weighted by Gasteiger charge is 2.38. The van der Waals surface area contributed by atoms with E-state index in [1.165, 1.54) is 0 Å². The number of ether oxygens (including phenoxy) is 1. The molecule has 1 aromatic carbocycles. The summed E-state index contributed by atoms with van der Waals surface area (Å²) in [6.07, 6.45) is -4.27. The Kier molecular flexibility index (Phi) is 7.77. The molecule has 0 aliphatic rings. The smallest absolute Gasteiger partial charge is 0.490 e. The molecule has 0 saturated heterocycles. The van der Waals surface area contributed by atoms with Crippen LogP contribution in [0.25, 0.3) is 0 Å². The second-order valence-electron chi connectivity index (χ2n) is 3.30. The van der Waals surface area contributed by atoms with Gasteiger partial charge in [-0.3, -0.25) is 0 Å². The van der Waals surface area contributed by atoms with Gasteiger partial charge in [0.05, 0.1) is 7.11 Å². The number of benzene rings is 1. The van der Waals surface area contributed by atoms with E-state index >= 15 is 0 Å². The third-order valence-corrected chi connectivity index (χ3v) is 2.20. The Morgan fingerprint density at radius 2 is 1.84 bits per heavy atom. The van der Waals surface area contributed by atoms with Gasteiger partial charge >= 0.3 is 12.1 Å². The first-order valence-electron chi connectivity index (χ1n) is 4.96. The van der Waals surface area contributed by atoms with Crippen molar-refractivity contribution in [3.05, 3.63) is 29.8 Å². The van der Waals surface area contributed by atoms with E-state index in [4.69, 9.17) is 14.6 Å². The van der Waals surface area contributed by atoms with Crippen molar-refractivity contribution >= 4 is 31.2 Å². The molecule has 1 aromatic rings. The highest BCUT2D eigenvalue weighted by molar-refractivity contribution is 7.99. The van der Waals surface area contributed by atoms with Crippen LogP contribution in [-0.2, 0) is 11.2 Å². The summed E-state index contributed by atoms with van der Waals surface area (Å²) in [7, 11) is 1.67. The minimum atomic E-state index is -5.08. The molecule has 3 nitrogen and oxygen atoms in total. The zero-order valence-electron chi connectivity index (χ0n) is 9.89. The number of para-hydroxylation sites is 1. The largest absolute Gasteiger partial charge is 0.496 e. The predicted molar refractivity (Wildman–Crippen MR) is 72.1 cm³/mol. The van der Waals surface area contributed by atoms with Crippen molar-refractivity contribution in [1.82, 2.24) is 0 Å². The quantitative estimate of drug-likeness (QED) is 0.593. The third-order valence-electron chi connectivity index (χ3n) is 1.84. The molecule has 19 heavy (non-hydrogen) atoms. The lowest BCUT2D eigenvalue weighted by Gasteiger charge is -2.08. The van der Waals surface area contributed by atoms with Crippen molar-refractivity contribution < 1.29 is 27.8 Å². The summed E-state index contributed by atoms with van der Waals surface area (Å²) in [5.41, 5.74) is 1.15. The lowest BCUT2D eigenvalue weighted by Crippen LogP contribution is -2.21. The van der Waals surface area contributed by atoms with Gasteiger partial charge in [0.1, 0.15) is 5.75 Å². The summed E-state index contributed by atoms with van der Waals surface area (Å²) in [6, 6.07) is 7.91. The molecular weight excluding hydrogens is 301 g/mol. The zero-order valence-corrected chi connectivity index (χ0v) is 11.7. The molecule has 0 amide bonds. The van der Waals surface area contributed by atoms with Crippen LogP contribution >= 0.6 is 25.3 Å². The van der Waals surface area contributed by atoms with E-state index in [0.717, 1.165) is 17.7 Å². The van der Waals surface area contributed by atoms with Gasteiger partial charge in [-0.2, -0.15) is 38.4 Å². The lowest BCUT2D eigenvalue weighted by atomic mass is 10.1. The number of thiol groups is 2. The van der Waals surface area contributed by atoms with Crippen LogP contribution in [0, 0.1) is 0 Å². The van der Waals surface area contributed by atoms with Gasteiger partial charge < -0.3 is 9.84 Å². The number of halogens is 3. The van der Waals surface area contributed by atoms with Gasteiger partial charge in [0.15, 0.2) is 0 Å². The first-order chi connectivity index (χ1) is 8.68. The van der Waals surface area contributed by atoms with E-state index in [1.807, 2.05) is 24.3 Å². The van der Waals surface area contributed by atoms with Crippen LogP contribution < -0.4 is 4.74 Å². The van der Waals surface area contributed by atoms with Crippen LogP contribution in [-0.4, -0.2) is 28.9 Å². The molecule has 0 heterocycles. The van der Waals surface area contributed by atoms with Gasteiger partial charge in [-0.05, 0) is 18.1 Å². The number of carbonyl (C=O) groups is 1. The Bertz CT molecular complexity index is 408. The fourth-order valence-corrected chi connectivity index (χ4v) is 1.46. The molecule has 0 atom stereocenters. The van der Waals surface area contributed by atoms with E-state index in [0.29, 0.717) is 0 Å². The number of carboxylic acids is 1. The van der Waals surface area contributed by atoms with Gasteiger partial charge in [-0.1, -0.05) is 18.2 Å². The number of methoxy groups -OCH3 is 1. The molecule has 0 fully saturated rings. The second kappa shape index (κ2) is 8.21. The summed E-state index contributed by atoms with van der Waals surface area (Å²) >= 11 is 8.41. The molecule has 0 aliphatic heterocycles. The van der Waals surface area contributed by atoms with Crippen molar-refractivity contribution in [2.75, 3.05) is 7.11 Å². The Labute approximate surface area is 119 Å². The second-order valence-corrected chi connectivity index (χ2v) is 4.95. The van der Waals surface area contributed by atoms with E-state index < -0.39 is 12.1 Å². The molecule has 0 radical (unpaired) electrons. The summed E-state index contributed by atoms with van der Waals surface area (Å²) in [4.78, 5) is 8.90. The van der Waals surface area contributed by atoms with Crippen LogP contribution in [0.15, 0.2) is 24.3 Å². The molecule has 108 valence electrons. The third kappa shape index (κ3) is 7.89. The molecule has 1 N–H and O–H groups in total. The maximum atomic E-state index is 10.6. The normalized spacial score (nSPS) is 10.7. The van der Waals surface area contributed by atoms with Crippen LogP contribution in [0.2, 0.25) is 0 Å². The molecule has 0 unspecified atom stereocenters. The maximum absolute atomic E-state index is 10.6. The van der Waals surface area contributed by atoms with E-state index in [-0.39, 0.29) is 4.58 Å². The van der Waals surface area contributed by atoms with Gasteiger partial charge in [0, 0.05) is 4.58 Å². The number of aliphatic carboxylic acids is 1. The Morgan fingerprint density at radius 1 is 1.37 bits per heavy atom. The topological polar surface area (TPSA) is 46.5 Å². The van der Waals surface area contributed by atoms with E-state index in [9.17, 15) is 13.2 Å². The van der Waals surface area contributed by atoms with Crippen LogP contribution in [0.4, 0.5) is 13.2 Å². The Hall–Kier alpha value is -1.02. The highest BCUT2D eigenvalue weighted by Crippen LogP contribution is 2.21.